The SMILES string of the molecule is [N-]=[N+]=CS(=O)(=O)CC=CC1CCCCC1. The molecule has 0 aliphatic heterocycles. The summed E-state index contributed by atoms with van der Waals surface area (Å²) in [4.78, 5) is 2.53. The molecule has 0 radical (unpaired) electrons. The highest BCUT2D eigenvalue weighted by Gasteiger charge is 2.12. The first-order chi connectivity index (χ1) is 7.14. The third kappa shape index (κ3) is 4.91. The van der Waals surface area contributed by atoms with Crippen LogP contribution < -0.4 is 0 Å². The Morgan fingerprint density at radius 2 is 1.93 bits per heavy atom. The van der Waals surface area contributed by atoms with Crippen molar-refractivity contribution in [1.29, 1.82) is 0 Å². The molecular weight excluding hydrogens is 212 g/mol. The zero-order valence-electron chi connectivity index (χ0n) is 8.67. The molecule has 1 aliphatic carbocycles. The van der Waals surface area contributed by atoms with Gasteiger partial charge in [0.25, 0.3) is 0 Å². The van der Waals surface area contributed by atoms with E-state index in [4.69, 9.17) is 5.53 Å². The van der Waals surface area contributed by atoms with Gasteiger partial charge < -0.3 is 5.53 Å². The Morgan fingerprint density at radius 1 is 1.27 bits per heavy atom. The lowest BCUT2D eigenvalue weighted by Gasteiger charge is -2.17. The van der Waals surface area contributed by atoms with Gasteiger partial charge in [-0.3, -0.25) is 0 Å². The Balaban J connectivity index is 2.41. The van der Waals surface area contributed by atoms with Gasteiger partial charge in [-0.2, -0.15) is 4.79 Å². The molecule has 0 amide bonds. The summed E-state index contributed by atoms with van der Waals surface area (Å²) in [5, 5.41) is 0. The number of nitrogens with zero attached hydrogens (tertiary/aromatic N) is 2. The van der Waals surface area contributed by atoms with E-state index in [0.29, 0.717) is 11.5 Å². The minimum absolute atomic E-state index is 0.0758. The van der Waals surface area contributed by atoms with Crippen LogP contribution in [0.15, 0.2) is 12.2 Å². The zero-order chi connectivity index (χ0) is 11.1. The molecule has 0 aromatic heterocycles. The number of hydrogen-bond acceptors (Lipinski definition) is 2. The standard InChI is InChI=1S/C10H16N2O2S/c11-12-9-15(13,14)8-4-7-10-5-2-1-3-6-10/h4,7,9-10H,1-3,5-6,8H2. The third-order valence-corrected chi connectivity index (χ3v) is 3.67. The van der Waals surface area contributed by atoms with Crippen LogP contribution in [0.25, 0.3) is 5.53 Å². The van der Waals surface area contributed by atoms with Crippen LogP contribution in [0.1, 0.15) is 32.1 Å². The Hall–Kier alpha value is -0.930. The van der Waals surface area contributed by atoms with Crippen LogP contribution in [0, 0.1) is 5.92 Å². The lowest BCUT2D eigenvalue weighted by molar-refractivity contribution is 0.00756. The molecule has 1 saturated carbocycles. The van der Waals surface area contributed by atoms with E-state index in [9.17, 15) is 8.42 Å². The van der Waals surface area contributed by atoms with Crippen LogP contribution in [-0.2, 0) is 9.84 Å². The van der Waals surface area contributed by atoms with E-state index in [1.807, 2.05) is 6.08 Å². The summed E-state index contributed by atoms with van der Waals surface area (Å²) in [5.74, 6) is 0.452. The van der Waals surface area contributed by atoms with Crippen molar-refractivity contribution in [1.82, 2.24) is 0 Å². The predicted octanol–water partition coefficient (Wildman–Crippen LogP) is 1.80. The minimum Gasteiger partial charge on any atom is -0.361 e. The highest BCUT2D eigenvalue weighted by atomic mass is 32.2. The van der Waals surface area contributed by atoms with Crippen LogP contribution in [0.4, 0.5) is 0 Å². The maximum absolute atomic E-state index is 11.1. The van der Waals surface area contributed by atoms with Gasteiger partial charge in [-0.25, -0.2) is 8.42 Å². The van der Waals surface area contributed by atoms with Crippen molar-refractivity contribution in [2.75, 3.05) is 5.75 Å². The summed E-state index contributed by atoms with van der Waals surface area (Å²) in [7, 11) is -3.36. The van der Waals surface area contributed by atoms with Gasteiger partial charge >= 0.3 is 5.55 Å². The molecule has 4 nitrogen and oxygen atoms in total. The Bertz CT molecular complexity index is 361. The van der Waals surface area contributed by atoms with Crippen molar-refractivity contribution >= 4 is 15.4 Å². The van der Waals surface area contributed by atoms with E-state index in [-0.39, 0.29) is 5.75 Å². The van der Waals surface area contributed by atoms with Crippen molar-refractivity contribution < 1.29 is 13.2 Å². The third-order valence-electron chi connectivity index (χ3n) is 2.59. The molecule has 0 heterocycles. The Kier molecular flexibility index (Phi) is 4.72. The van der Waals surface area contributed by atoms with E-state index in [0.717, 1.165) is 12.8 Å². The van der Waals surface area contributed by atoms with Crippen LogP contribution in [0.5, 0.6) is 0 Å². The maximum atomic E-state index is 11.1. The Morgan fingerprint density at radius 3 is 2.53 bits per heavy atom. The van der Waals surface area contributed by atoms with Crippen LogP contribution >= 0.6 is 0 Å². The molecule has 0 N–H and O–H groups in total. The van der Waals surface area contributed by atoms with Gasteiger partial charge in [-0.1, -0.05) is 31.4 Å². The first kappa shape index (κ1) is 12.1. The highest BCUT2D eigenvalue weighted by Crippen LogP contribution is 2.24. The van der Waals surface area contributed by atoms with Gasteiger partial charge in [0.15, 0.2) is 0 Å². The fourth-order valence-electron chi connectivity index (χ4n) is 1.82. The number of rotatable bonds is 4. The lowest BCUT2D eigenvalue weighted by atomic mass is 9.89. The average Bonchev–Trinajstić information content (AvgIpc) is 2.19. The molecular formula is C10H16N2O2S. The molecule has 15 heavy (non-hydrogen) atoms. The van der Waals surface area contributed by atoms with Crippen LogP contribution in [0.2, 0.25) is 0 Å². The molecule has 0 bridgehead atoms. The molecule has 0 aromatic rings. The molecule has 1 aliphatic rings. The molecule has 1 rings (SSSR count). The monoisotopic (exact) mass is 228 g/mol. The highest BCUT2D eigenvalue weighted by molar-refractivity contribution is 8.04. The smallest absolute Gasteiger partial charge is 0.361 e. The average molecular weight is 228 g/mol. The normalized spacial score (nSPS) is 18.9. The van der Waals surface area contributed by atoms with Crippen LogP contribution in [0.3, 0.4) is 0 Å². The second kappa shape index (κ2) is 5.83. The number of allylic oxidation sites excluding steroid dienone is 1. The van der Waals surface area contributed by atoms with Crippen molar-refractivity contribution in [3.63, 3.8) is 0 Å². The van der Waals surface area contributed by atoms with Gasteiger partial charge in [-0.15, -0.1) is 0 Å². The molecule has 84 valence electrons. The van der Waals surface area contributed by atoms with Crippen molar-refractivity contribution in [2.45, 2.75) is 32.1 Å². The molecule has 0 spiro atoms. The Labute approximate surface area is 90.5 Å². The van der Waals surface area contributed by atoms with Gasteiger partial charge in [-0.05, 0) is 18.8 Å². The van der Waals surface area contributed by atoms with Gasteiger partial charge in [0.05, 0.1) is 5.75 Å². The first-order valence-corrected chi connectivity index (χ1v) is 6.92. The molecule has 0 aromatic carbocycles. The molecule has 0 unspecified atom stereocenters. The zero-order valence-corrected chi connectivity index (χ0v) is 9.49. The fourth-order valence-corrected chi connectivity index (χ4v) is 2.43. The summed E-state index contributed by atoms with van der Waals surface area (Å²) in [5.41, 5.74) is 8.70. The summed E-state index contributed by atoms with van der Waals surface area (Å²) >= 11 is 0. The minimum atomic E-state index is -3.36. The second-order valence-corrected chi connectivity index (χ2v) is 5.75. The van der Waals surface area contributed by atoms with E-state index in [1.54, 1.807) is 6.08 Å². The second-order valence-electron chi connectivity index (χ2n) is 3.88. The summed E-state index contributed by atoms with van der Waals surface area (Å²) < 4.78 is 22.2. The largest absolute Gasteiger partial charge is 0.370 e. The molecule has 5 heteroatoms. The number of sulfone groups is 1. The van der Waals surface area contributed by atoms with E-state index >= 15 is 0 Å². The summed E-state index contributed by atoms with van der Waals surface area (Å²) in [6, 6.07) is 0. The first-order valence-electron chi connectivity index (χ1n) is 5.21. The summed E-state index contributed by atoms with van der Waals surface area (Å²) in [6.07, 6.45) is 9.71. The predicted molar refractivity (Wildman–Crippen MR) is 59.2 cm³/mol. The fraction of sp³-hybridized carbons (Fsp3) is 0.700. The van der Waals surface area contributed by atoms with Crippen molar-refractivity contribution in [3.05, 3.63) is 17.7 Å². The lowest BCUT2D eigenvalue weighted by Crippen LogP contribution is -2.07. The van der Waals surface area contributed by atoms with E-state index in [2.05, 4.69) is 4.79 Å². The van der Waals surface area contributed by atoms with Crippen LogP contribution in [-0.4, -0.2) is 24.5 Å². The van der Waals surface area contributed by atoms with Crippen molar-refractivity contribution in [3.8, 4) is 0 Å². The molecule has 0 saturated heterocycles. The molecule has 0 atom stereocenters. The topological polar surface area (TPSA) is 70.5 Å². The maximum Gasteiger partial charge on any atom is 0.370 e. The van der Waals surface area contributed by atoms with Gasteiger partial charge in [0.1, 0.15) is 0 Å². The van der Waals surface area contributed by atoms with Crippen molar-refractivity contribution in [2.24, 2.45) is 5.92 Å². The summed E-state index contributed by atoms with van der Waals surface area (Å²) in [6.45, 7) is 0. The number of hydrogen-bond donors (Lipinski definition) is 0. The van der Waals surface area contributed by atoms with E-state index in [1.165, 1.54) is 19.3 Å². The van der Waals surface area contributed by atoms with Gasteiger partial charge in [0, 0.05) is 0 Å². The molecule has 1 fully saturated rings. The van der Waals surface area contributed by atoms with E-state index < -0.39 is 9.84 Å². The quantitative estimate of drug-likeness (QED) is 0.242. The van der Waals surface area contributed by atoms with Gasteiger partial charge in [0.2, 0.25) is 9.84 Å².